The maximum atomic E-state index is 11.5. The van der Waals surface area contributed by atoms with Crippen LogP contribution in [-0.4, -0.2) is 24.2 Å². The molecule has 3 rings (SSSR count). The molecule has 6 heteroatoms. The molecule has 4 nitrogen and oxygen atoms in total. The Labute approximate surface area is 128 Å². The van der Waals surface area contributed by atoms with Gasteiger partial charge in [-0.1, -0.05) is 12.1 Å². The minimum atomic E-state index is -0.424. The highest BCUT2D eigenvalue weighted by molar-refractivity contribution is 7.19. The second kappa shape index (κ2) is 4.56. The van der Waals surface area contributed by atoms with Gasteiger partial charge in [0.2, 0.25) is 5.91 Å². The van der Waals surface area contributed by atoms with Crippen molar-refractivity contribution in [1.29, 1.82) is 0 Å². The Balaban J connectivity index is 2.08. The molecule has 0 atom stereocenters. The van der Waals surface area contributed by atoms with Gasteiger partial charge in [0.25, 0.3) is 0 Å². The van der Waals surface area contributed by atoms with Gasteiger partial charge in [0, 0.05) is 10.2 Å². The zero-order valence-electron chi connectivity index (χ0n) is 12.6. The molecule has 0 radical (unpaired) electrons. The number of carbonyl (C=O) groups is 1. The van der Waals surface area contributed by atoms with E-state index in [1.807, 2.05) is 45.2 Å². The quantitative estimate of drug-likeness (QED) is 0.866. The van der Waals surface area contributed by atoms with Gasteiger partial charge in [0.15, 0.2) is 0 Å². The maximum absolute atomic E-state index is 11.5. The monoisotopic (exact) mass is 303 g/mol. The van der Waals surface area contributed by atoms with E-state index in [1.54, 1.807) is 6.07 Å². The minimum absolute atomic E-state index is 0.382. The van der Waals surface area contributed by atoms with Crippen molar-refractivity contribution in [2.24, 2.45) is 5.73 Å². The SMILES string of the molecule is CC1(C)OB(c2csc3c(C(N)=O)cccc23)OC1(C)C. The highest BCUT2D eigenvalue weighted by Crippen LogP contribution is 2.37. The van der Waals surface area contributed by atoms with Crippen molar-refractivity contribution in [3.05, 3.63) is 29.1 Å². The Hall–Kier alpha value is -1.37. The lowest BCUT2D eigenvalue weighted by atomic mass is 9.79. The second-order valence-corrected chi connectivity index (χ2v) is 7.21. The zero-order chi connectivity index (χ0) is 15.4. The van der Waals surface area contributed by atoms with Crippen LogP contribution >= 0.6 is 11.3 Å². The minimum Gasteiger partial charge on any atom is -0.399 e. The fraction of sp³-hybridized carbons (Fsp3) is 0.400. The molecule has 1 aliphatic rings. The summed E-state index contributed by atoms with van der Waals surface area (Å²) < 4.78 is 13.1. The van der Waals surface area contributed by atoms with Crippen LogP contribution in [0.4, 0.5) is 0 Å². The van der Waals surface area contributed by atoms with Crippen LogP contribution in [0.25, 0.3) is 10.1 Å². The Morgan fingerprint density at radius 3 is 2.38 bits per heavy atom. The lowest BCUT2D eigenvalue weighted by molar-refractivity contribution is 0.00578. The number of benzene rings is 1. The summed E-state index contributed by atoms with van der Waals surface area (Å²) in [5, 5.41) is 2.95. The molecule has 1 aliphatic heterocycles. The van der Waals surface area contributed by atoms with Crippen LogP contribution in [0.15, 0.2) is 23.6 Å². The molecule has 2 aromatic rings. The number of primary amides is 1. The summed E-state index contributed by atoms with van der Waals surface area (Å²) in [7, 11) is -0.424. The van der Waals surface area contributed by atoms with E-state index in [2.05, 4.69) is 0 Å². The third kappa shape index (κ3) is 2.18. The van der Waals surface area contributed by atoms with Crippen molar-refractivity contribution in [2.75, 3.05) is 0 Å². The molecule has 0 unspecified atom stereocenters. The van der Waals surface area contributed by atoms with Crippen LogP contribution in [0.5, 0.6) is 0 Å². The van der Waals surface area contributed by atoms with Gasteiger partial charge in [-0.25, -0.2) is 0 Å². The molecule has 1 aromatic carbocycles. The number of hydrogen-bond acceptors (Lipinski definition) is 4. The van der Waals surface area contributed by atoms with E-state index < -0.39 is 13.0 Å². The summed E-state index contributed by atoms with van der Waals surface area (Å²) in [5.41, 5.74) is 6.17. The Bertz CT molecular complexity index is 707. The first-order valence-electron chi connectivity index (χ1n) is 6.88. The lowest BCUT2D eigenvalue weighted by Crippen LogP contribution is -2.41. The van der Waals surface area contributed by atoms with E-state index in [1.165, 1.54) is 11.3 Å². The topological polar surface area (TPSA) is 61.5 Å². The largest absolute Gasteiger partial charge is 0.496 e. The van der Waals surface area contributed by atoms with Crippen LogP contribution in [0.1, 0.15) is 38.1 Å². The molecule has 0 aliphatic carbocycles. The molecule has 110 valence electrons. The van der Waals surface area contributed by atoms with E-state index in [0.29, 0.717) is 5.56 Å². The van der Waals surface area contributed by atoms with E-state index in [-0.39, 0.29) is 11.2 Å². The summed E-state index contributed by atoms with van der Waals surface area (Å²) in [6.07, 6.45) is 0. The molecule has 21 heavy (non-hydrogen) atoms. The highest BCUT2D eigenvalue weighted by atomic mass is 32.1. The average Bonchev–Trinajstić information content (AvgIpc) is 2.88. The number of nitrogens with two attached hydrogens (primary N) is 1. The fourth-order valence-electron chi connectivity index (χ4n) is 2.42. The zero-order valence-corrected chi connectivity index (χ0v) is 13.4. The molecular weight excluding hydrogens is 285 g/mol. The Kier molecular flexibility index (Phi) is 3.17. The molecule has 2 heterocycles. The van der Waals surface area contributed by atoms with Crippen molar-refractivity contribution in [1.82, 2.24) is 0 Å². The third-order valence-electron chi connectivity index (χ3n) is 4.40. The summed E-state index contributed by atoms with van der Waals surface area (Å²) in [6, 6.07) is 5.55. The summed E-state index contributed by atoms with van der Waals surface area (Å²) >= 11 is 1.50. The van der Waals surface area contributed by atoms with Crippen LogP contribution in [0, 0.1) is 0 Å². The maximum Gasteiger partial charge on any atom is 0.496 e. The van der Waals surface area contributed by atoms with Gasteiger partial charge >= 0.3 is 7.12 Å². The van der Waals surface area contributed by atoms with E-state index in [4.69, 9.17) is 15.0 Å². The number of rotatable bonds is 2. The van der Waals surface area contributed by atoms with Crippen molar-refractivity contribution in [2.45, 2.75) is 38.9 Å². The van der Waals surface area contributed by atoms with Gasteiger partial charge in [0.05, 0.1) is 16.8 Å². The molecule has 0 saturated carbocycles. The normalized spacial score (nSPS) is 20.1. The van der Waals surface area contributed by atoms with Gasteiger partial charge in [-0.3, -0.25) is 4.79 Å². The molecule has 1 fully saturated rings. The van der Waals surface area contributed by atoms with Crippen molar-refractivity contribution in [3.63, 3.8) is 0 Å². The third-order valence-corrected chi connectivity index (χ3v) is 5.45. The van der Waals surface area contributed by atoms with E-state index in [0.717, 1.165) is 15.5 Å². The molecule has 0 bridgehead atoms. The standard InChI is InChI=1S/C15H18BNO3S/c1-14(2)15(3,4)20-16(19-14)11-8-21-12-9(11)6-5-7-10(12)13(17)18/h5-8H,1-4H3,(H2,17,18). The van der Waals surface area contributed by atoms with Gasteiger partial charge in [0.1, 0.15) is 0 Å². The molecule has 1 aromatic heterocycles. The van der Waals surface area contributed by atoms with Gasteiger partial charge in [-0.05, 0) is 44.5 Å². The van der Waals surface area contributed by atoms with Crippen LogP contribution in [0.2, 0.25) is 0 Å². The summed E-state index contributed by atoms with van der Waals surface area (Å²) in [6.45, 7) is 8.10. The number of thiophene rings is 1. The van der Waals surface area contributed by atoms with Crippen LogP contribution < -0.4 is 11.2 Å². The number of fused-ring (bicyclic) bond motifs is 1. The Morgan fingerprint density at radius 1 is 1.19 bits per heavy atom. The predicted molar refractivity (Wildman–Crippen MR) is 86.1 cm³/mol. The Morgan fingerprint density at radius 2 is 1.81 bits per heavy atom. The lowest BCUT2D eigenvalue weighted by Gasteiger charge is -2.32. The van der Waals surface area contributed by atoms with E-state index >= 15 is 0 Å². The first-order chi connectivity index (χ1) is 9.73. The average molecular weight is 303 g/mol. The first-order valence-corrected chi connectivity index (χ1v) is 7.76. The van der Waals surface area contributed by atoms with Crippen molar-refractivity contribution >= 4 is 39.9 Å². The van der Waals surface area contributed by atoms with Gasteiger partial charge in [-0.2, -0.15) is 0 Å². The van der Waals surface area contributed by atoms with Gasteiger partial charge < -0.3 is 15.0 Å². The first kappa shape index (κ1) is 14.6. The second-order valence-electron chi connectivity index (χ2n) is 6.33. The number of amides is 1. The van der Waals surface area contributed by atoms with Crippen LogP contribution in [0.3, 0.4) is 0 Å². The molecule has 2 N–H and O–H groups in total. The van der Waals surface area contributed by atoms with Crippen molar-refractivity contribution < 1.29 is 14.1 Å². The smallest absolute Gasteiger partial charge is 0.399 e. The number of carbonyl (C=O) groups excluding carboxylic acids is 1. The molecule has 0 spiro atoms. The molecule has 1 amide bonds. The number of hydrogen-bond donors (Lipinski definition) is 1. The predicted octanol–water partition coefficient (Wildman–Crippen LogP) is 2.30. The molecular formula is C15H18BNO3S. The van der Waals surface area contributed by atoms with Gasteiger partial charge in [-0.15, -0.1) is 11.3 Å². The summed E-state index contributed by atoms with van der Waals surface area (Å²) in [5.74, 6) is -0.414. The fourth-order valence-corrected chi connectivity index (χ4v) is 3.52. The highest BCUT2D eigenvalue weighted by Gasteiger charge is 2.52. The summed E-state index contributed by atoms with van der Waals surface area (Å²) in [4.78, 5) is 11.5. The molecule has 1 saturated heterocycles. The van der Waals surface area contributed by atoms with Crippen LogP contribution in [-0.2, 0) is 9.31 Å². The van der Waals surface area contributed by atoms with Crippen molar-refractivity contribution in [3.8, 4) is 0 Å². The van der Waals surface area contributed by atoms with E-state index in [9.17, 15) is 4.79 Å².